The van der Waals surface area contributed by atoms with Crippen LogP contribution in [0.5, 0.6) is 0 Å². The van der Waals surface area contributed by atoms with Crippen molar-refractivity contribution in [3.05, 3.63) is 163 Å². The summed E-state index contributed by atoms with van der Waals surface area (Å²) in [4.78, 5) is 14.8. The van der Waals surface area contributed by atoms with E-state index in [1.54, 1.807) is 5.56 Å². The number of rotatable bonds is 5. The molecule has 0 saturated heterocycles. The maximum atomic E-state index is 4.97. The zero-order valence-corrected chi connectivity index (χ0v) is 26.8. The fraction of sp³-hybridized carbons (Fsp3) is 0.133. The highest BCUT2D eigenvalue weighted by Crippen LogP contribution is 2.53. The van der Waals surface area contributed by atoms with Gasteiger partial charge < -0.3 is 0 Å². The van der Waals surface area contributed by atoms with E-state index in [4.69, 9.17) is 15.0 Å². The predicted molar refractivity (Wildman–Crippen MR) is 196 cm³/mol. The van der Waals surface area contributed by atoms with Gasteiger partial charge in [0.1, 0.15) is 0 Å². The molecule has 0 bridgehead atoms. The lowest BCUT2D eigenvalue weighted by molar-refractivity contribution is 0.383. The van der Waals surface area contributed by atoms with Gasteiger partial charge in [0.2, 0.25) is 0 Å². The maximum Gasteiger partial charge on any atom is 0.164 e. The zero-order chi connectivity index (χ0) is 31.9. The highest BCUT2D eigenvalue weighted by atomic mass is 15.0. The summed E-state index contributed by atoms with van der Waals surface area (Å²) < 4.78 is 0. The van der Waals surface area contributed by atoms with E-state index in [1.165, 1.54) is 59.1 Å². The summed E-state index contributed by atoms with van der Waals surface area (Å²) in [6.45, 7) is 0. The number of hydrogen-bond donors (Lipinski definition) is 0. The fourth-order valence-corrected chi connectivity index (χ4v) is 7.89. The van der Waals surface area contributed by atoms with Crippen molar-refractivity contribution in [3.8, 4) is 67.5 Å². The number of fused-ring (bicyclic) bond motifs is 6. The summed E-state index contributed by atoms with van der Waals surface area (Å²) in [7, 11) is 0. The van der Waals surface area contributed by atoms with Gasteiger partial charge in [-0.1, -0.05) is 146 Å². The van der Waals surface area contributed by atoms with E-state index < -0.39 is 0 Å². The first-order chi connectivity index (χ1) is 23.8. The lowest BCUT2D eigenvalue weighted by Crippen LogP contribution is -2.21. The molecule has 2 aliphatic carbocycles. The van der Waals surface area contributed by atoms with Gasteiger partial charge in [0.15, 0.2) is 17.5 Å². The van der Waals surface area contributed by atoms with E-state index in [9.17, 15) is 0 Å². The Morgan fingerprint density at radius 3 is 1.38 bits per heavy atom. The van der Waals surface area contributed by atoms with Gasteiger partial charge in [-0.2, -0.15) is 0 Å². The van der Waals surface area contributed by atoms with Crippen LogP contribution in [0.25, 0.3) is 67.5 Å². The Morgan fingerprint density at radius 2 is 0.771 bits per heavy atom. The summed E-state index contributed by atoms with van der Waals surface area (Å²) >= 11 is 0. The van der Waals surface area contributed by atoms with Crippen LogP contribution in [0.2, 0.25) is 0 Å². The minimum absolute atomic E-state index is 0.631. The van der Waals surface area contributed by atoms with Gasteiger partial charge in [-0.15, -0.1) is 0 Å². The molecule has 1 fully saturated rings. The van der Waals surface area contributed by atoms with Crippen LogP contribution in [0.4, 0.5) is 0 Å². The van der Waals surface area contributed by atoms with Gasteiger partial charge in [-0.3, -0.25) is 0 Å². The zero-order valence-electron chi connectivity index (χ0n) is 26.8. The highest BCUT2D eigenvalue weighted by Gasteiger charge is 2.35. The van der Waals surface area contributed by atoms with Crippen LogP contribution in [0, 0.1) is 0 Å². The van der Waals surface area contributed by atoms with Crippen LogP contribution in [-0.4, -0.2) is 15.0 Å². The topological polar surface area (TPSA) is 38.7 Å². The van der Waals surface area contributed by atoms with Gasteiger partial charge in [0.25, 0.3) is 0 Å². The average molecular weight is 618 g/mol. The quantitative estimate of drug-likeness (QED) is 0.193. The van der Waals surface area contributed by atoms with Crippen LogP contribution in [-0.2, 0) is 0 Å². The third-order valence-corrected chi connectivity index (χ3v) is 10.2. The molecule has 48 heavy (non-hydrogen) atoms. The van der Waals surface area contributed by atoms with Gasteiger partial charge >= 0.3 is 0 Å². The molecule has 2 aliphatic rings. The van der Waals surface area contributed by atoms with Crippen molar-refractivity contribution in [1.29, 1.82) is 0 Å². The van der Waals surface area contributed by atoms with Crippen molar-refractivity contribution in [2.45, 2.75) is 37.5 Å². The van der Waals surface area contributed by atoms with Gasteiger partial charge in [-0.05, 0) is 87.4 Å². The Hall–Kier alpha value is -5.67. The first-order valence-corrected chi connectivity index (χ1v) is 17.1. The number of nitrogens with zero attached hydrogens (tertiary/aromatic N) is 3. The molecule has 0 spiro atoms. The van der Waals surface area contributed by atoms with Crippen molar-refractivity contribution in [2.24, 2.45) is 0 Å². The van der Waals surface area contributed by atoms with Gasteiger partial charge in [0.05, 0.1) is 0 Å². The highest BCUT2D eigenvalue weighted by molar-refractivity contribution is 5.82. The first kappa shape index (κ1) is 28.5. The number of hydrogen-bond acceptors (Lipinski definition) is 3. The fourth-order valence-electron chi connectivity index (χ4n) is 7.89. The third kappa shape index (κ3) is 5.22. The minimum atomic E-state index is 0.631. The first-order valence-electron chi connectivity index (χ1n) is 17.1. The molecule has 1 heterocycles. The summed E-state index contributed by atoms with van der Waals surface area (Å²) in [5, 5.41) is 0. The molecule has 0 radical (unpaired) electrons. The molecular formula is C45H35N3. The van der Waals surface area contributed by atoms with E-state index in [1.807, 2.05) is 60.7 Å². The van der Waals surface area contributed by atoms with Crippen molar-refractivity contribution in [2.75, 3.05) is 0 Å². The molecule has 230 valence electrons. The van der Waals surface area contributed by atoms with Crippen molar-refractivity contribution in [3.63, 3.8) is 0 Å². The van der Waals surface area contributed by atoms with Crippen LogP contribution in [0.15, 0.2) is 152 Å². The smallest absolute Gasteiger partial charge is 0.164 e. The lowest BCUT2D eigenvalue weighted by Gasteiger charge is -2.39. The van der Waals surface area contributed by atoms with E-state index in [2.05, 4.69) is 91.0 Å². The molecule has 9 rings (SSSR count). The minimum Gasteiger partial charge on any atom is -0.208 e. The normalized spacial score (nSPS) is 16.4. The monoisotopic (exact) mass is 617 g/mol. The average Bonchev–Trinajstić information content (AvgIpc) is 3.18. The Labute approximate surface area is 282 Å². The molecule has 0 aliphatic heterocycles. The Kier molecular flexibility index (Phi) is 7.24. The number of benzene rings is 6. The molecule has 0 amide bonds. The standard InChI is InChI=1S/C45H35N3/c1-3-13-30(14-4-1)43-46-44(31-15-5-2-6-16-31)48-45(47-43)36-20-12-19-34(28-36)32-17-11-18-33(27-32)35-25-26-41-39-23-8-7-21-37(39)38-22-9-10-24-40(38)42(41)29-35/h1-6,9-20,22,24-29,37,39H,7-8,21,23H2. The van der Waals surface area contributed by atoms with Gasteiger partial charge in [0, 0.05) is 16.7 Å². The van der Waals surface area contributed by atoms with Crippen LogP contribution >= 0.6 is 0 Å². The molecular weight excluding hydrogens is 583 g/mol. The second kappa shape index (κ2) is 12.2. The number of aromatic nitrogens is 3. The molecule has 1 saturated carbocycles. The second-order valence-corrected chi connectivity index (χ2v) is 13.1. The second-order valence-electron chi connectivity index (χ2n) is 13.1. The molecule has 3 heteroatoms. The summed E-state index contributed by atoms with van der Waals surface area (Å²) in [6, 6.07) is 54.1. The van der Waals surface area contributed by atoms with Crippen molar-refractivity contribution >= 4 is 0 Å². The lowest BCUT2D eigenvalue weighted by atomic mass is 9.65. The van der Waals surface area contributed by atoms with Crippen LogP contribution < -0.4 is 0 Å². The summed E-state index contributed by atoms with van der Waals surface area (Å²) in [5.41, 5.74) is 13.6. The summed E-state index contributed by atoms with van der Waals surface area (Å²) in [5.74, 6) is 3.28. The van der Waals surface area contributed by atoms with E-state index in [0.717, 1.165) is 22.3 Å². The van der Waals surface area contributed by atoms with Crippen molar-refractivity contribution < 1.29 is 0 Å². The molecule has 2 atom stereocenters. The largest absolute Gasteiger partial charge is 0.208 e. The molecule has 3 nitrogen and oxygen atoms in total. The van der Waals surface area contributed by atoms with Crippen LogP contribution in [0.1, 0.15) is 48.6 Å². The predicted octanol–water partition coefficient (Wildman–Crippen LogP) is 11.6. The third-order valence-electron chi connectivity index (χ3n) is 10.2. The molecule has 0 N–H and O–H groups in total. The summed E-state index contributed by atoms with van der Waals surface area (Å²) in [6.07, 6.45) is 5.26. The van der Waals surface area contributed by atoms with E-state index >= 15 is 0 Å². The molecule has 2 unspecified atom stereocenters. The molecule has 7 aromatic rings. The molecule has 6 aromatic carbocycles. The molecule has 1 aromatic heterocycles. The van der Waals surface area contributed by atoms with E-state index in [-0.39, 0.29) is 0 Å². The maximum absolute atomic E-state index is 4.97. The van der Waals surface area contributed by atoms with E-state index in [0.29, 0.717) is 29.3 Å². The Bertz CT molecular complexity index is 2200. The SMILES string of the molecule is c1ccc(-c2nc(-c3ccccc3)nc(-c3cccc(-c4cccc(-c5ccc6c(c5)-c5ccccc5C5CCCCC65)c4)c3)n2)cc1. The van der Waals surface area contributed by atoms with Gasteiger partial charge in [-0.25, -0.2) is 15.0 Å². The van der Waals surface area contributed by atoms with Crippen molar-refractivity contribution in [1.82, 2.24) is 15.0 Å². The Balaban J connectivity index is 1.10. The Morgan fingerprint density at radius 1 is 0.333 bits per heavy atom. The van der Waals surface area contributed by atoms with Crippen LogP contribution in [0.3, 0.4) is 0 Å².